The lowest BCUT2D eigenvalue weighted by Gasteiger charge is -2.36. The molecule has 310 valence electrons. The van der Waals surface area contributed by atoms with E-state index < -0.39 is 5.41 Å². The zero-order chi connectivity index (χ0) is 43.7. The Morgan fingerprint density at radius 1 is 0.364 bits per heavy atom. The van der Waals surface area contributed by atoms with E-state index in [1.165, 1.54) is 111 Å². The molecule has 14 rings (SSSR count). The highest BCUT2D eigenvalue weighted by Crippen LogP contribution is 2.66. The van der Waals surface area contributed by atoms with E-state index in [-0.39, 0.29) is 5.41 Å². The number of benzene rings is 10. The molecule has 0 amide bonds. The van der Waals surface area contributed by atoms with Gasteiger partial charge in [0.05, 0.1) is 27.8 Å². The van der Waals surface area contributed by atoms with Crippen LogP contribution >= 0.6 is 0 Å². The zero-order valence-electron chi connectivity index (χ0n) is 36.8. The van der Waals surface area contributed by atoms with Crippen molar-refractivity contribution in [3.05, 3.63) is 264 Å². The predicted octanol–water partition coefficient (Wildman–Crippen LogP) is 16.6. The van der Waals surface area contributed by atoms with E-state index in [1.807, 2.05) is 0 Å². The van der Waals surface area contributed by atoms with Gasteiger partial charge in [-0.25, -0.2) is 0 Å². The van der Waals surface area contributed by atoms with Gasteiger partial charge in [-0.1, -0.05) is 196 Å². The normalized spacial score (nSPS) is 14.2. The van der Waals surface area contributed by atoms with Crippen molar-refractivity contribution in [2.24, 2.45) is 0 Å². The van der Waals surface area contributed by atoms with Crippen LogP contribution in [0, 0.1) is 0 Å². The molecule has 11 aromatic rings. The molecule has 1 spiro atoms. The van der Waals surface area contributed by atoms with Gasteiger partial charge in [-0.15, -0.1) is 0 Å². The summed E-state index contributed by atoms with van der Waals surface area (Å²) in [5.74, 6) is 0. The van der Waals surface area contributed by atoms with Crippen LogP contribution in [0.25, 0.3) is 72.0 Å². The summed E-state index contributed by atoms with van der Waals surface area (Å²) >= 11 is 0. The maximum absolute atomic E-state index is 2.60. The molecule has 66 heavy (non-hydrogen) atoms. The molecule has 3 aliphatic carbocycles. The molecular weight excluding hydrogens is 797 g/mol. The van der Waals surface area contributed by atoms with Gasteiger partial charge in [0.1, 0.15) is 0 Å². The van der Waals surface area contributed by atoms with Crippen molar-refractivity contribution < 1.29 is 0 Å². The fraction of sp³-hybridized carbons (Fsp3) is 0.0625. The summed E-state index contributed by atoms with van der Waals surface area (Å²) in [5, 5.41) is 2.51. The van der Waals surface area contributed by atoms with Crippen LogP contribution in [0.4, 0.5) is 17.1 Å². The molecule has 0 unspecified atom stereocenters. The molecule has 0 bridgehead atoms. The van der Waals surface area contributed by atoms with Gasteiger partial charge in [0.2, 0.25) is 0 Å². The monoisotopic (exact) mass is 840 g/mol. The minimum atomic E-state index is -0.522. The first-order valence-corrected chi connectivity index (χ1v) is 23.2. The highest BCUT2D eigenvalue weighted by Gasteiger charge is 2.53. The number of fused-ring (bicyclic) bond motifs is 16. The first kappa shape index (κ1) is 37.2. The lowest BCUT2D eigenvalue weighted by atomic mass is 9.70. The minimum Gasteiger partial charge on any atom is -0.310 e. The van der Waals surface area contributed by atoms with Crippen molar-refractivity contribution in [3.8, 4) is 50.2 Å². The van der Waals surface area contributed by atoms with Crippen LogP contribution in [0.5, 0.6) is 0 Å². The summed E-state index contributed by atoms with van der Waals surface area (Å²) < 4.78 is 2.41. The second-order valence-electron chi connectivity index (χ2n) is 18.7. The molecule has 0 saturated carbocycles. The highest BCUT2D eigenvalue weighted by atomic mass is 15.2. The average Bonchev–Trinajstić information content (AvgIpc) is 4.05. The Labute approximate surface area is 385 Å². The van der Waals surface area contributed by atoms with Crippen LogP contribution in [0.2, 0.25) is 0 Å². The van der Waals surface area contributed by atoms with E-state index in [2.05, 4.69) is 254 Å². The third kappa shape index (κ3) is 4.80. The van der Waals surface area contributed by atoms with Gasteiger partial charge in [-0.3, -0.25) is 0 Å². The van der Waals surface area contributed by atoms with Gasteiger partial charge in [0.25, 0.3) is 0 Å². The lowest BCUT2D eigenvalue weighted by Crippen LogP contribution is -2.28. The smallest absolute Gasteiger partial charge is 0.0746 e. The van der Waals surface area contributed by atoms with Crippen LogP contribution in [-0.2, 0) is 10.8 Å². The molecule has 1 heterocycles. The number of anilines is 3. The topological polar surface area (TPSA) is 8.17 Å². The van der Waals surface area contributed by atoms with Gasteiger partial charge >= 0.3 is 0 Å². The number of para-hydroxylation sites is 2. The number of hydrogen-bond donors (Lipinski definition) is 0. The number of aromatic nitrogens is 1. The van der Waals surface area contributed by atoms with E-state index in [0.717, 1.165) is 11.4 Å². The lowest BCUT2D eigenvalue weighted by molar-refractivity contribution is 0.660. The van der Waals surface area contributed by atoms with Crippen LogP contribution in [0.3, 0.4) is 0 Å². The molecule has 2 heteroatoms. The molecule has 0 aliphatic heterocycles. The first-order valence-electron chi connectivity index (χ1n) is 23.2. The minimum absolute atomic E-state index is 0.158. The Hall–Kier alpha value is -8.20. The van der Waals surface area contributed by atoms with Crippen molar-refractivity contribution in [1.29, 1.82) is 0 Å². The fourth-order valence-electron chi connectivity index (χ4n) is 12.6. The molecule has 0 atom stereocenters. The van der Waals surface area contributed by atoms with E-state index >= 15 is 0 Å². The molecule has 0 fully saturated rings. The second kappa shape index (κ2) is 13.7. The van der Waals surface area contributed by atoms with Gasteiger partial charge in [-0.2, -0.15) is 0 Å². The predicted molar refractivity (Wildman–Crippen MR) is 275 cm³/mol. The average molecular weight is 841 g/mol. The summed E-state index contributed by atoms with van der Waals surface area (Å²) in [6.07, 6.45) is 0. The molecule has 0 N–H and O–H groups in total. The maximum atomic E-state index is 2.60. The van der Waals surface area contributed by atoms with Crippen LogP contribution in [0.15, 0.2) is 231 Å². The summed E-state index contributed by atoms with van der Waals surface area (Å²) in [5.41, 5.74) is 24.7. The van der Waals surface area contributed by atoms with Crippen molar-refractivity contribution >= 4 is 38.9 Å². The van der Waals surface area contributed by atoms with Crippen LogP contribution in [0.1, 0.15) is 47.2 Å². The van der Waals surface area contributed by atoms with Gasteiger partial charge < -0.3 is 9.47 Å². The molecule has 0 saturated heterocycles. The Morgan fingerprint density at radius 3 is 1.58 bits per heavy atom. The number of hydrogen-bond acceptors (Lipinski definition) is 1. The molecule has 10 aromatic carbocycles. The maximum Gasteiger partial charge on any atom is 0.0746 e. The molecule has 1 aromatic heterocycles. The van der Waals surface area contributed by atoms with Crippen molar-refractivity contribution in [2.75, 3.05) is 4.90 Å². The van der Waals surface area contributed by atoms with E-state index in [1.54, 1.807) is 0 Å². The first-order chi connectivity index (χ1) is 32.5. The zero-order valence-corrected chi connectivity index (χ0v) is 36.8. The van der Waals surface area contributed by atoms with Crippen LogP contribution in [-0.4, -0.2) is 4.57 Å². The Balaban J connectivity index is 1.04. The Morgan fingerprint density at radius 2 is 0.864 bits per heavy atom. The molecule has 0 radical (unpaired) electrons. The summed E-state index contributed by atoms with van der Waals surface area (Å²) in [7, 11) is 0. The largest absolute Gasteiger partial charge is 0.310 e. The summed E-state index contributed by atoms with van der Waals surface area (Å²) in [4.78, 5) is 2.60. The SMILES string of the molecule is CC1(C)c2ccccc2-c2c(N(c3ccc(-c4cccc5c4c4ccccc4n5-c4ccccc4)cc3)c3cccc4c3C3(c5ccccc5-c5ccccc53)c3ccccc3-4)cccc21. The number of rotatable bonds is 5. The third-order valence-electron chi connectivity index (χ3n) is 15.2. The molecule has 3 aliphatic rings. The second-order valence-corrected chi connectivity index (χ2v) is 18.7. The standard InChI is InChI=1S/C64H44N2/c1-63(2)51-28-11-9-24-49(51)61-55(63)32-18-35-58(61)66(43-39-37-41(38-40-43)44-26-16-34-57-60(44)50-25-10-15-33-56(50)65(57)42-19-4-3-5-20-42)59-36-17-27-48-47-23-8-14-31-54(47)64(62(48)59)52-29-12-6-21-45(52)46-22-7-13-30-53(46)64/h3-40H,1-2H3. The van der Waals surface area contributed by atoms with Crippen molar-refractivity contribution in [2.45, 2.75) is 24.7 Å². The van der Waals surface area contributed by atoms with Crippen molar-refractivity contribution in [3.63, 3.8) is 0 Å². The van der Waals surface area contributed by atoms with E-state index in [9.17, 15) is 0 Å². The van der Waals surface area contributed by atoms with Crippen LogP contribution < -0.4 is 4.90 Å². The van der Waals surface area contributed by atoms with Gasteiger partial charge in [-0.05, 0) is 115 Å². The third-order valence-corrected chi connectivity index (χ3v) is 15.2. The Kier molecular flexibility index (Phi) is 7.70. The quantitative estimate of drug-likeness (QED) is 0.168. The Bertz CT molecular complexity index is 3730. The van der Waals surface area contributed by atoms with E-state index in [4.69, 9.17) is 0 Å². The van der Waals surface area contributed by atoms with E-state index in [0.29, 0.717) is 0 Å². The van der Waals surface area contributed by atoms with Gasteiger partial charge in [0, 0.05) is 38.7 Å². The number of nitrogens with zero attached hydrogens (tertiary/aromatic N) is 2. The highest BCUT2D eigenvalue weighted by molar-refractivity contribution is 6.16. The molecular formula is C64H44N2. The summed E-state index contributed by atoms with van der Waals surface area (Å²) in [6.45, 7) is 4.77. The molecule has 2 nitrogen and oxygen atoms in total. The fourth-order valence-corrected chi connectivity index (χ4v) is 12.6. The summed E-state index contributed by atoms with van der Waals surface area (Å²) in [6, 6.07) is 86.2. The van der Waals surface area contributed by atoms with Gasteiger partial charge in [0.15, 0.2) is 0 Å². The van der Waals surface area contributed by atoms with Crippen molar-refractivity contribution in [1.82, 2.24) is 4.57 Å².